The van der Waals surface area contributed by atoms with Crippen molar-refractivity contribution in [2.24, 2.45) is 0 Å². The Balaban J connectivity index is 1.64. The zero-order valence-electron chi connectivity index (χ0n) is 11.4. The van der Waals surface area contributed by atoms with Gasteiger partial charge in [-0.1, -0.05) is 6.07 Å². The number of piperazine rings is 1. The first kappa shape index (κ1) is 14.5. The van der Waals surface area contributed by atoms with Crippen LogP contribution in [0, 0.1) is 0 Å². The van der Waals surface area contributed by atoms with E-state index in [-0.39, 0.29) is 10.7 Å². The summed E-state index contributed by atoms with van der Waals surface area (Å²) < 4.78 is 26.4. The van der Waals surface area contributed by atoms with E-state index in [4.69, 9.17) is 5.73 Å². The summed E-state index contributed by atoms with van der Waals surface area (Å²) >= 11 is 1.72. The third-order valence-corrected chi connectivity index (χ3v) is 6.33. The lowest BCUT2D eigenvalue weighted by molar-refractivity contribution is 0.183. The van der Waals surface area contributed by atoms with Crippen LogP contribution >= 0.6 is 11.3 Å². The van der Waals surface area contributed by atoms with Gasteiger partial charge in [-0.15, -0.1) is 11.3 Å². The molecule has 1 fully saturated rings. The summed E-state index contributed by atoms with van der Waals surface area (Å²) in [5.74, 6) is 0.0935. The van der Waals surface area contributed by atoms with E-state index < -0.39 is 10.0 Å². The number of nitrogens with one attached hydrogen (secondary N) is 1. The van der Waals surface area contributed by atoms with Gasteiger partial charge in [-0.3, -0.25) is 10.00 Å². The number of rotatable bonds is 4. The molecule has 0 saturated carbocycles. The second-order valence-electron chi connectivity index (χ2n) is 4.91. The first-order chi connectivity index (χ1) is 10.1. The molecular formula is C12H17N5O2S2. The van der Waals surface area contributed by atoms with Gasteiger partial charge in [-0.05, 0) is 11.4 Å². The van der Waals surface area contributed by atoms with E-state index in [9.17, 15) is 8.42 Å². The van der Waals surface area contributed by atoms with Crippen LogP contribution in [-0.4, -0.2) is 54.0 Å². The first-order valence-electron chi connectivity index (χ1n) is 6.61. The van der Waals surface area contributed by atoms with Gasteiger partial charge in [-0.2, -0.15) is 9.40 Å². The maximum absolute atomic E-state index is 12.5. The highest BCUT2D eigenvalue weighted by Crippen LogP contribution is 2.22. The van der Waals surface area contributed by atoms with E-state index in [1.807, 2.05) is 6.07 Å². The molecule has 0 aliphatic carbocycles. The lowest BCUT2D eigenvalue weighted by Gasteiger charge is -2.33. The number of hydrogen-bond acceptors (Lipinski definition) is 6. The molecule has 114 valence electrons. The lowest BCUT2D eigenvalue weighted by atomic mass is 10.3. The van der Waals surface area contributed by atoms with E-state index in [0.717, 1.165) is 19.6 Å². The fourth-order valence-corrected chi connectivity index (χ4v) is 4.56. The standard InChI is InChI=1S/C12H17N5O2S2/c13-12-11(8-14-15-12)21(18,19)17-5-3-16(4-6-17)9-10-2-1-7-20-10/h1-2,7-8H,3-6,9H2,(H3,13,14,15). The van der Waals surface area contributed by atoms with Crippen molar-refractivity contribution >= 4 is 27.2 Å². The van der Waals surface area contributed by atoms with Gasteiger partial charge >= 0.3 is 0 Å². The molecule has 0 atom stereocenters. The van der Waals surface area contributed by atoms with E-state index >= 15 is 0 Å². The minimum Gasteiger partial charge on any atom is -0.383 e. The number of H-pyrrole nitrogens is 1. The lowest BCUT2D eigenvalue weighted by Crippen LogP contribution is -2.48. The van der Waals surface area contributed by atoms with Crippen LogP contribution in [0.2, 0.25) is 0 Å². The third-order valence-electron chi connectivity index (χ3n) is 3.54. The Morgan fingerprint density at radius 2 is 2.10 bits per heavy atom. The van der Waals surface area contributed by atoms with Gasteiger partial charge < -0.3 is 5.73 Å². The zero-order valence-corrected chi connectivity index (χ0v) is 13.0. The van der Waals surface area contributed by atoms with E-state index in [0.29, 0.717) is 13.1 Å². The molecule has 1 aliphatic rings. The Morgan fingerprint density at radius 1 is 1.33 bits per heavy atom. The van der Waals surface area contributed by atoms with Gasteiger partial charge in [0.05, 0.1) is 6.20 Å². The molecule has 0 amide bonds. The van der Waals surface area contributed by atoms with Crippen molar-refractivity contribution in [3.63, 3.8) is 0 Å². The maximum atomic E-state index is 12.5. The van der Waals surface area contributed by atoms with E-state index in [1.165, 1.54) is 15.4 Å². The highest BCUT2D eigenvalue weighted by molar-refractivity contribution is 7.89. The number of anilines is 1. The first-order valence-corrected chi connectivity index (χ1v) is 8.93. The second kappa shape index (κ2) is 5.76. The molecule has 3 N–H and O–H groups in total. The summed E-state index contributed by atoms with van der Waals surface area (Å²) in [6, 6.07) is 4.13. The largest absolute Gasteiger partial charge is 0.383 e. The molecule has 2 aromatic rings. The Labute approximate surface area is 127 Å². The summed E-state index contributed by atoms with van der Waals surface area (Å²) in [6.07, 6.45) is 1.27. The normalized spacial score (nSPS) is 18.1. The average Bonchev–Trinajstić information content (AvgIpc) is 3.11. The van der Waals surface area contributed by atoms with E-state index in [1.54, 1.807) is 11.3 Å². The number of aromatic amines is 1. The molecule has 7 nitrogen and oxygen atoms in total. The number of aromatic nitrogens is 2. The molecule has 1 saturated heterocycles. The third kappa shape index (κ3) is 2.95. The van der Waals surface area contributed by atoms with Crippen molar-refractivity contribution in [1.29, 1.82) is 0 Å². The molecule has 1 aliphatic heterocycles. The average molecular weight is 327 g/mol. The topological polar surface area (TPSA) is 95.3 Å². The number of thiophene rings is 1. The molecule has 21 heavy (non-hydrogen) atoms. The Morgan fingerprint density at radius 3 is 2.67 bits per heavy atom. The maximum Gasteiger partial charge on any atom is 0.248 e. The molecule has 0 radical (unpaired) electrons. The smallest absolute Gasteiger partial charge is 0.248 e. The predicted molar refractivity (Wildman–Crippen MR) is 81.4 cm³/mol. The van der Waals surface area contributed by atoms with Crippen LogP contribution in [0.5, 0.6) is 0 Å². The fourth-order valence-electron chi connectivity index (χ4n) is 2.38. The molecule has 3 rings (SSSR count). The highest BCUT2D eigenvalue weighted by Gasteiger charge is 2.30. The molecular weight excluding hydrogens is 310 g/mol. The van der Waals surface area contributed by atoms with Gasteiger partial charge in [0.25, 0.3) is 0 Å². The van der Waals surface area contributed by atoms with Gasteiger partial charge in [0, 0.05) is 37.6 Å². The summed E-state index contributed by atoms with van der Waals surface area (Å²) in [7, 11) is -3.54. The summed E-state index contributed by atoms with van der Waals surface area (Å²) in [5.41, 5.74) is 5.62. The van der Waals surface area contributed by atoms with Crippen LogP contribution < -0.4 is 5.73 Å². The van der Waals surface area contributed by atoms with Gasteiger partial charge in [0.15, 0.2) is 0 Å². The Hall–Kier alpha value is -1.42. The van der Waals surface area contributed by atoms with Gasteiger partial charge in [0.1, 0.15) is 10.7 Å². The second-order valence-corrected chi connectivity index (χ2v) is 7.85. The number of sulfonamides is 1. The quantitative estimate of drug-likeness (QED) is 0.855. The van der Waals surface area contributed by atoms with Crippen molar-refractivity contribution in [3.05, 3.63) is 28.6 Å². The van der Waals surface area contributed by atoms with Crippen molar-refractivity contribution in [2.45, 2.75) is 11.4 Å². The molecule has 3 heterocycles. The summed E-state index contributed by atoms with van der Waals surface area (Å²) in [5, 5.41) is 8.20. The molecule has 0 unspecified atom stereocenters. The SMILES string of the molecule is Nc1[nH]ncc1S(=O)(=O)N1CCN(Cc2cccs2)CC1. The molecule has 0 aromatic carbocycles. The van der Waals surface area contributed by atoms with Crippen molar-refractivity contribution in [2.75, 3.05) is 31.9 Å². The number of hydrogen-bond donors (Lipinski definition) is 2. The fraction of sp³-hybridized carbons (Fsp3) is 0.417. The molecule has 0 bridgehead atoms. The van der Waals surface area contributed by atoms with E-state index in [2.05, 4.69) is 26.5 Å². The molecule has 2 aromatic heterocycles. The summed E-state index contributed by atoms with van der Waals surface area (Å²) in [4.78, 5) is 3.62. The van der Waals surface area contributed by atoms with Crippen LogP contribution in [0.4, 0.5) is 5.82 Å². The molecule has 0 spiro atoms. The zero-order chi connectivity index (χ0) is 14.9. The molecule has 9 heteroatoms. The van der Waals surface area contributed by atoms with Crippen LogP contribution in [0.25, 0.3) is 0 Å². The number of nitrogens with two attached hydrogens (primary N) is 1. The van der Waals surface area contributed by atoms with Crippen molar-refractivity contribution < 1.29 is 8.42 Å². The minimum atomic E-state index is -3.54. The number of nitrogen functional groups attached to an aromatic ring is 1. The van der Waals surface area contributed by atoms with Crippen LogP contribution in [-0.2, 0) is 16.6 Å². The van der Waals surface area contributed by atoms with Gasteiger partial charge in [-0.25, -0.2) is 8.42 Å². The van der Waals surface area contributed by atoms with Crippen LogP contribution in [0.15, 0.2) is 28.6 Å². The summed E-state index contributed by atoms with van der Waals surface area (Å²) in [6.45, 7) is 3.25. The van der Waals surface area contributed by atoms with Crippen LogP contribution in [0.1, 0.15) is 4.88 Å². The Kier molecular flexibility index (Phi) is 3.98. The van der Waals surface area contributed by atoms with Crippen molar-refractivity contribution in [1.82, 2.24) is 19.4 Å². The monoisotopic (exact) mass is 327 g/mol. The minimum absolute atomic E-state index is 0.0641. The Bertz CT molecular complexity index is 687. The van der Waals surface area contributed by atoms with Crippen molar-refractivity contribution in [3.8, 4) is 0 Å². The van der Waals surface area contributed by atoms with Gasteiger partial charge in [0.2, 0.25) is 10.0 Å². The predicted octanol–water partition coefficient (Wildman–Crippen LogP) is 0.560. The van der Waals surface area contributed by atoms with Crippen LogP contribution in [0.3, 0.4) is 0 Å². The number of nitrogens with zero attached hydrogens (tertiary/aromatic N) is 3. The highest BCUT2D eigenvalue weighted by atomic mass is 32.2.